The Morgan fingerprint density at radius 3 is 2.47 bits per heavy atom. The molecule has 0 unspecified atom stereocenters. The third-order valence-corrected chi connectivity index (χ3v) is 7.06. The fourth-order valence-corrected chi connectivity index (χ4v) is 4.55. The number of nitrogens with zero attached hydrogens (tertiary/aromatic N) is 2. The molecule has 2 aliphatic rings. The Hall–Kier alpha value is -3.69. The largest absolute Gasteiger partial charge is 0.465 e. The number of hydrogen-bond donors (Lipinski definition) is 1. The maximum absolute atomic E-state index is 14.1. The van der Waals surface area contributed by atoms with Gasteiger partial charge in [-0.1, -0.05) is 12.1 Å². The second kappa shape index (κ2) is 8.76. The lowest BCUT2D eigenvalue weighted by atomic mass is 9.93. The number of aromatic nitrogens is 2. The minimum Gasteiger partial charge on any atom is -0.465 e. The van der Waals surface area contributed by atoms with Gasteiger partial charge in [-0.15, -0.1) is 0 Å². The Morgan fingerprint density at radius 1 is 1.14 bits per heavy atom. The molecule has 2 aromatic carbocycles. The van der Waals surface area contributed by atoms with Crippen LogP contribution in [-0.4, -0.2) is 28.8 Å². The van der Waals surface area contributed by atoms with Gasteiger partial charge in [-0.2, -0.15) is 18.3 Å². The highest BCUT2D eigenvalue weighted by atomic mass is 19.4. The summed E-state index contributed by atoms with van der Waals surface area (Å²) in [5, 5.41) is 7.14. The van der Waals surface area contributed by atoms with E-state index in [9.17, 15) is 27.2 Å². The summed E-state index contributed by atoms with van der Waals surface area (Å²) in [7, 11) is 1.26. The van der Waals surface area contributed by atoms with E-state index in [1.807, 2.05) is 10.9 Å². The molecule has 0 spiro atoms. The van der Waals surface area contributed by atoms with E-state index in [0.717, 1.165) is 37.0 Å². The Balaban J connectivity index is 1.40. The first-order valence-corrected chi connectivity index (χ1v) is 11.6. The van der Waals surface area contributed by atoms with Crippen LogP contribution in [0.5, 0.6) is 0 Å². The van der Waals surface area contributed by atoms with E-state index in [4.69, 9.17) is 4.74 Å². The number of carbonyl (C=O) groups excluding carboxylic acids is 2. The van der Waals surface area contributed by atoms with E-state index in [1.54, 1.807) is 18.3 Å². The van der Waals surface area contributed by atoms with Crippen LogP contribution in [0.15, 0.2) is 48.8 Å². The summed E-state index contributed by atoms with van der Waals surface area (Å²) in [6.45, 7) is 0. The van der Waals surface area contributed by atoms with Crippen molar-refractivity contribution in [2.75, 3.05) is 12.4 Å². The second-order valence-corrected chi connectivity index (χ2v) is 9.27. The van der Waals surface area contributed by atoms with Crippen molar-refractivity contribution in [3.05, 3.63) is 71.3 Å². The number of ether oxygens (including phenoxy) is 1. The standard InChI is InChI=1S/C26H23F4N3O3/c1-36-23(34)20-12-17(6-7-19(20)15-13-31-33(14-15)18-3-2-4-18)32-24(35)25(9-10-25)16-5-8-21(22(27)11-16)26(28,29)30/h5-8,11-14,18H,2-4,9-10H2,1H3,(H,32,35). The molecular weight excluding hydrogens is 478 g/mol. The zero-order valence-electron chi connectivity index (χ0n) is 19.4. The fraction of sp³-hybridized carbons (Fsp3) is 0.346. The van der Waals surface area contributed by atoms with E-state index >= 15 is 0 Å². The molecule has 0 atom stereocenters. The fourth-order valence-electron chi connectivity index (χ4n) is 4.55. The van der Waals surface area contributed by atoms with Crippen molar-refractivity contribution in [1.29, 1.82) is 0 Å². The van der Waals surface area contributed by atoms with E-state index in [-0.39, 0.29) is 11.1 Å². The molecule has 3 aromatic rings. The number of nitrogens with one attached hydrogen (secondary N) is 1. The quantitative estimate of drug-likeness (QED) is 0.338. The lowest BCUT2D eigenvalue weighted by Gasteiger charge is -2.25. The maximum atomic E-state index is 14.1. The Bertz CT molecular complexity index is 1340. The Kier molecular flexibility index (Phi) is 5.84. The van der Waals surface area contributed by atoms with Gasteiger partial charge >= 0.3 is 12.1 Å². The SMILES string of the molecule is COC(=O)c1cc(NC(=O)C2(c3ccc(C(F)(F)F)c(F)c3)CC2)ccc1-c1cnn(C2CCC2)c1. The molecule has 0 saturated heterocycles. The van der Waals surface area contributed by atoms with Crippen molar-refractivity contribution in [3.63, 3.8) is 0 Å². The first kappa shape index (κ1) is 24.0. The van der Waals surface area contributed by atoms with Gasteiger partial charge in [-0.25, -0.2) is 9.18 Å². The summed E-state index contributed by atoms with van der Waals surface area (Å²) >= 11 is 0. The molecule has 2 aliphatic carbocycles. The van der Waals surface area contributed by atoms with E-state index in [2.05, 4.69) is 10.4 Å². The number of methoxy groups -OCH3 is 1. The van der Waals surface area contributed by atoms with Gasteiger partial charge in [0.25, 0.3) is 0 Å². The minimum atomic E-state index is -4.82. The lowest BCUT2D eigenvalue weighted by Crippen LogP contribution is -2.28. The summed E-state index contributed by atoms with van der Waals surface area (Å²) in [4.78, 5) is 25.7. The topological polar surface area (TPSA) is 73.2 Å². The average molecular weight is 501 g/mol. The summed E-state index contributed by atoms with van der Waals surface area (Å²) in [6.07, 6.45) is 2.74. The van der Waals surface area contributed by atoms with Crippen molar-refractivity contribution < 1.29 is 31.9 Å². The number of esters is 1. The molecule has 0 aliphatic heterocycles. The molecule has 0 bridgehead atoms. The monoisotopic (exact) mass is 501 g/mol. The number of rotatable bonds is 6. The highest BCUT2D eigenvalue weighted by Gasteiger charge is 2.52. The van der Waals surface area contributed by atoms with Gasteiger partial charge in [0, 0.05) is 17.4 Å². The molecule has 6 nitrogen and oxygen atoms in total. The molecule has 5 rings (SSSR count). The molecule has 0 radical (unpaired) electrons. The van der Waals surface area contributed by atoms with Gasteiger partial charge < -0.3 is 10.1 Å². The van der Waals surface area contributed by atoms with Crippen LogP contribution in [0.25, 0.3) is 11.1 Å². The third-order valence-electron chi connectivity index (χ3n) is 7.06. The molecule has 2 fully saturated rings. The number of carbonyl (C=O) groups is 2. The van der Waals surface area contributed by atoms with Crippen LogP contribution >= 0.6 is 0 Å². The van der Waals surface area contributed by atoms with Gasteiger partial charge in [0.1, 0.15) is 5.82 Å². The van der Waals surface area contributed by atoms with Crippen molar-refractivity contribution in [2.45, 2.75) is 49.7 Å². The Labute approximate surface area is 204 Å². The summed E-state index contributed by atoms with van der Waals surface area (Å²) in [5.41, 5.74) is -0.447. The molecule has 1 heterocycles. The number of alkyl halides is 3. The molecular formula is C26H23F4N3O3. The van der Waals surface area contributed by atoms with Gasteiger partial charge in [-0.3, -0.25) is 9.48 Å². The van der Waals surface area contributed by atoms with Crippen molar-refractivity contribution in [2.24, 2.45) is 0 Å². The number of halogens is 4. The highest BCUT2D eigenvalue weighted by Crippen LogP contribution is 2.50. The van der Waals surface area contributed by atoms with Crippen molar-refractivity contribution in [1.82, 2.24) is 9.78 Å². The van der Waals surface area contributed by atoms with Crippen LogP contribution in [0.2, 0.25) is 0 Å². The van der Waals surface area contributed by atoms with Gasteiger partial charge in [0.05, 0.1) is 35.9 Å². The third kappa shape index (κ3) is 4.25. The van der Waals surface area contributed by atoms with Crippen LogP contribution in [0, 0.1) is 5.82 Å². The summed E-state index contributed by atoms with van der Waals surface area (Å²) in [5.74, 6) is -2.50. The second-order valence-electron chi connectivity index (χ2n) is 9.27. The number of anilines is 1. The molecule has 2 saturated carbocycles. The van der Waals surface area contributed by atoms with Crippen LogP contribution < -0.4 is 5.32 Å². The smallest absolute Gasteiger partial charge is 0.419 e. The predicted octanol–water partition coefficient (Wildman–Crippen LogP) is 5.89. The molecule has 188 valence electrons. The van der Waals surface area contributed by atoms with Gasteiger partial charge in [0.15, 0.2) is 0 Å². The number of hydrogen-bond acceptors (Lipinski definition) is 4. The summed E-state index contributed by atoms with van der Waals surface area (Å²) in [6, 6.07) is 7.73. The first-order chi connectivity index (χ1) is 17.1. The molecule has 10 heteroatoms. The van der Waals surface area contributed by atoms with E-state index in [1.165, 1.54) is 13.2 Å². The maximum Gasteiger partial charge on any atom is 0.419 e. The van der Waals surface area contributed by atoms with Crippen LogP contribution in [0.3, 0.4) is 0 Å². The normalized spacial score (nSPS) is 16.8. The lowest BCUT2D eigenvalue weighted by molar-refractivity contribution is -0.140. The molecule has 36 heavy (non-hydrogen) atoms. The van der Waals surface area contributed by atoms with Gasteiger partial charge in [-0.05, 0) is 67.5 Å². The molecule has 1 amide bonds. The highest BCUT2D eigenvalue weighted by molar-refractivity contribution is 6.03. The molecule has 1 aromatic heterocycles. The van der Waals surface area contributed by atoms with Crippen LogP contribution in [-0.2, 0) is 21.1 Å². The van der Waals surface area contributed by atoms with Crippen molar-refractivity contribution >= 4 is 17.6 Å². The first-order valence-electron chi connectivity index (χ1n) is 11.6. The predicted molar refractivity (Wildman–Crippen MR) is 123 cm³/mol. The van der Waals surface area contributed by atoms with Gasteiger partial charge in [0.2, 0.25) is 5.91 Å². The Morgan fingerprint density at radius 2 is 1.89 bits per heavy atom. The van der Waals surface area contributed by atoms with E-state index in [0.29, 0.717) is 36.2 Å². The number of benzene rings is 2. The van der Waals surface area contributed by atoms with Crippen LogP contribution in [0.1, 0.15) is 59.6 Å². The van der Waals surface area contributed by atoms with Crippen LogP contribution in [0.4, 0.5) is 23.2 Å². The zero-order valence-corrected chi connectivity index (χ0v) is 19.4. The van der Waals surface area contributed by atoms with E-state index < -0.39 is 34.8 Å². The number of amides is 1. The summed E-state index contributed by atoms with van der Waals surface area (Å²) < 4.78 is 59.7. The van der Waals surface area contributed by atoms with Crippen molar-refractivity contribution in [3.8, 4) is 11.1 Å². The minimum absolute atomic E-state index is 0.179. The molecule has 1 N–H and O–H groups in total. The average Bonchev–Trinajstić information content (AvgIpc) is 3.49. The zero-order chi connectivity index (χ0) is 25.7.